The summed E-state index contributed by atoms with van der Waals surface area (Å²) in [6.07, 6.45) is 13.9. The molecule has 22 heavy (non-hydrogen) atoms. The molecule has 0 unspecified atom stereocenters. The van der Waals surface area contributed by atoms with Gasteiger partial charge in [0.15, 0.2) is 0 Å². The van der Waals surface area contributed by atoms with E-state index in [2.05, 4.69) is 29.3 Å². The Hall–Kier alpha value is -1.09. The Morgan fingerprint density at radius 1 is 1.14 bits per heavy atom. The van der Waals surface area contributed by atoms with Crippen molar-refractivity contribution in [3.8, 4) is 0 Å². The molecule has 1 aliphatic heterocycles. The molecule has 1 aromatic heterocycles. The zero-order valence-corrected chi connectivity index (χ0v) is 14.1. The summed E-state index contributed by atoms with van der Waals surface area (Å²) in [6, 6.07) is 5.61. The topological polar surface area (TPSA) is 28.2 Å². The molecule has 0 spiro atoms. The van der Waals surface area contributed by atoms with Gasteiger partial charge in [0.2, 0.25) is 0 Å². The summed E-state index contributed by atoms with van der Waals surface area (Å²) in [6.45, 7) is 4.74. The summed E-state index contributed by atoms with van der Waals surface area (Å²) < 4.78 is 0. The second kappa shape index (κ2) is 7.96. The maximum Gasteiger partial charge on any atom is 0.130 e. The fraction of sp³-hybridized carbons (Fsp3) is 0.737. The molecule has 1 saturated carbocycles. The van der Waals surface area contributed by atoms with Crippen molar-refractivity contribution >= 4 is 5.82 Å². The first-order valence-corrected chi connectivity index (χ1v) is 9.34. The summed E-state index contributed by atoms with van der Waals surface area (Å²) in [7, 11) is 0. The van der Waals surface area contributed by atoms with Crippen molar-refractivity contribution in [3.05, 3.63) is 23.9 Å². The molecule has 1 aliphatic carbocycles. The van der Waals surface area contributed by atoms with Gasteiger partial charge < -0.3 is 5.32 Å². The minimum Gasteiger partial charge on any atom is -0.367 e. The molecule has 1 N–H and O–H groups in total. The lowest BCUT2D eigenvalue weighted by molar-refractivity contribution is 0.149. The molecule has 0 bridgehead atoms. The molecule has 2 fully saturated rings. The van der Waals surface area contributed by atoms with Crippen LogP contribution in [0.2, 0.25) is 0 Å². The molecule has 2 aliphatic rings. The van der Waals surface area contributed by atoms with Gasteiger partial charge in [-0.25, -0.2) is 4.98 Å². The predicted molar refractivity (Wildman–Crippen MR) is 93.2 cm³/mol. The van der Waals surface area contributed by atoms with Gasteiger partial charge in [0.25, 0.3) is 0 Å². The zero-order chi connectivity index (χ0) is 15.2. The lowest BCUT2D eigenvalue weighted by atomic mass is 9.93. The van der Waals surface area contributed by atoms with Gasteiger partial charge in [0.1, 0.15) is 5.82 Å². The standard InChI is InChI=1S/C19H31N3/c1-2-14-22-15-7-6-12-18(22)17-11-8-13-20-19(17)21-16-9-4-3-5-10-16/h8,11,13,16,18H,2-7,9-10,12,14-15H2,1H3,(H,20,21)/t18-/m1/s1. The molecule has 2 heterocycles. The van der Waals surface area contributed by atoms with E-state index >= 15 is 0 Å². The van der Waals surface area contributed by atoms with Crippen LogP contribution in [0.4, 0.5) is 5.82 Å². The second-order valence-electron chi connectivity index (χ2n) is 6.97. The Labute approximate surface area is 135 Å². The van der Waals surface area contributed by atoms with Crippen molar-refractivity contribution in [1.82, 2.24) is 9.88 Å². The van der Waals surface area contributed by atoms with Crippen LogP contribution < -0.4 is 5.32 Å². The van der Waals surface area contributed by atoms with Crippen molar-refractivity contribution in [2.24, 2.45) is 0 Å². The monoisotopic (exact) mass is 301 g/mol. The van der Waals surface area contributed by atoms with Gasteiger partial charge in [-0.1, -0.05) is 38.7 Å². The number of hydrogen-bond donors (Lipinski definition) is 1. The van der Waals surface area contributed by atoms with E-state index in [9.17, 15) is 0 Å². The van der Waals surface area contributed by atoms with Crippen molar-refractivity contribution < 1.29 is 0 Å². The average molecular weight is 301 g/mol. The number of pyridine rings is 1. The summed E-state index contributed by atoms with van der Waals surface area (Å²) in [5.41, 5.74) is 1.43. The lowest BCUT2D eigenvalue weighted by Gasteiger charge is -2.37. The van der Waals surface area contributed by atoms with Crippen molar-refractivity contribution in [2.75, 3.05) is 18.4 Å². The summed E-state index contributed by atoms with van der Waals surface area (Å²) in [5, 5.41) is 3.77. The predicted octanol–water partition coefficient (Wildman–Crippen LogP) is 4.76. The number of aromatic nitrogens is 1. The highest BCUT2D eigenvalue weighted by Crippen LogP contribution is 2.35. The van der Waals surface area contributed by atoms with E-state index in [-0.39, 0.29) is 0 Å². The van der Waals surface area contributed by atoms with E-state index in [0.717, 1.165) is 5.82 Å². The highest BCUT2D eigenvalue weighted by molar-refractivity contribution is 5.46. The number of piperidine rings is 1. The van der Waals surface area contributed by atoms with E-state index in [1.165, 1.54) is 76.4 Å². The van der Waals surface area contributed by atoms with E-state index in [1.807, 2.05) is 6.20 Å². The summed E-state index contributed by atoms with van der Waals surface area (Å²) >= 11 is 0. The van der Waals surface area contributed by atoms with E-state index in [1.54, 1.807) is 0 Å². The van der Waals surface area contributed by atoms with Crippen molar-refractivity contribution in [1.29, 1.82) is 0 Å². The fourth-order valence-corrected chi connectivity index (χ4v) is 4.15. The Morgan fingerprint density at radius 2 is 1.95 bits per heavy atom. The van der Waals surface area contributed by atoms with Gasteiger partial charge in [-0.2, -0.15) is 0 Å². The fourth-order valence-electron chi connectivity index (χ4n) is 4.15. The normalized spacial score (nSPS) is 24.3. The Kier molecular flexibility index (Phi) is 5.71. The SMILES string of the molecule is CCCN1CCCC[C@@H]1c1cccnc1NC1CCCCC1. The second-order valence-corrected chi connectivity index (χ2v) is 6.97. The summed E-state index contributed by atoms with van der Waals surface area (Å²) in [5.74, 6) is 1.16. The van der Waals surface area contributed by atoms with Gasteiger partial charge in [-0.15, -0.1) is 0 Å². The molecule has 122 valence electrons. The largest absolute Gasteiger partial charge is 0.367 e. The molecule has 1 atom stereocenters. The molecule has 1 aromatic rings. The van der Waals surface area contributed by atoms with Crippen LogP contribution in [-0.4, -0.2) is 29.0 Å². The van der Waals surface area contributed by atoms with Crippen LogP contribution in [-0.2, 0) is 0 Å². The molecule has 3 heteroatoms. The van der Waals surface area contributed by atoms with Gasteiger partial charge in [0, 0.05) is 23.8 Å². The minimum atomic E-state index is 0.563. The highest BCUT2D eigenvalue weighted by Gasteiger charge is 2.26. The third kappa shape index (κ3) is 3.81. The number of likely N-dealkylation sites (tertiary alicyclic amines) is 1. The van der Waals surface area contributed by atoms with E-state index in [0.29, 0.717) is 12.1 Å². The molecule has 3 rings (SSSR count). The number of nitrogens with one attached hydrogen (secondary N) is 1. The van der Waals surface area contributed by atoms with Crippen molar-refractivity contribution in [2.45, 2.75) is 76.8 Å². The lowest BCUT2D eigenvalue weighted by Crippen LogP contribution is -2.35. The third-order valence-corrected chi connectivity index (χ3v) is 5.27. The van der Waals surface area contributed by atoms with Crippen molar-refractivity contribution in [3.63, 3.8) is 0 Å². The molecule has 0 aromatic carbocycles. The van der Waals surface area contributed by atoms with E-state index in [4.69, 9.17) is 4.98 Å². The van der Waals surface area contributed by atoms with Crippen LogP contribution >= 0.6 is 0 Å². The van der Waals surface area contributed by atoms with Gasteiger partial charge >= 0.3 is 0 Å². The molecule has 0 radical (unpaired) electrons. The first-order chi connectivity index (χ1) is 10.9. The van der Waals surface area contributed by atoms with Crippen LogP contribution in [0.25, 0.3) is 0 Å². The third-order valence-electron chi connectivity index (χ3n) is 5.27. The van der Waals surface area contributed by atoms with E-state index < -0.39 is 0 Å². The van der Waals surface area contributed by atoms with Gasteiger partial charge in [0.05, 0.1) is 0 Å². The number of rotatable bonds is 5. The van der Waals surface area contributed by atoms with Gasteiger partial charge in [-0.3, -0.25) is 4.90 Å². The van der Waals surface area contributed by atoms with Crippen LogP contribution in [0.5, 0.6) is 0 Å². The molecule has 3 nitrogen and oxygen atoms in total. The Bertz CT molecular complexity index is 452. The van der Waals surface area contributed by atoms with Crippen LogP contribution in [0.1, 0.15) is 76.3 Å². The molecule has 1 saturated heterocycles. The minimum absolute atomic E-state index is 0.563. The summed E-state index contributed by atoms with van der Waals surface area (Å²) in [4.78, 5) is 7.38. The average Bonchev–Trinajstić information content (AvgIpc) is 2.57. The first kappa shape index (κ1) is 15.8. The van der Waals surface area contributed by atoms with Crippen LogP contribution in [0.3, 0.4) is 0 Å². The highest BCUT2D eigenvalue weighted by atomic mass is 15.2. The maximum absolute atomic E-state index is 4.70. The number of hydrogen-bond acceptors (Lipinski definition) is 3. The zero-order valence-electron chi connectivity index (χ0n) is 14.1. The van der Waals surface area contributed by atoms with Crippen LogP contribution in [0, 0.1) is 0 Å². The molecular formula is C19H31N3. The Morgan fingerprint density at radius 3 is 2.77 bits per heavy atom. The molecule has 0 amide bonds. The first-order valence-electron chi connectivity index (χ1n) is 9.34. The number of anilines is 1. The quantitative estimate of drug-likeness (QED) is 0.849. The van der Waals surface area contributed by atoms with Gasteiger partial charge in [-0.05, 0) is 51.3 Å². The number of nitrogens with zero attached hydrogens (tertiary/aromatic N) is 2. The maximum atomic E-state index is 4.70. The Balaban J connectivity index is 1.76. The molecular weight excluding hydrogens is 270 g/mol. The smallest absolute Gasteiger partial charge is 0.130 e. The van der Waals surface area contributed by atoms with Crippen LogP contribution in [0.15, 0.2) is 18.3 Å².